The highest BCUT2D eigenvalue weighted by Gasteiger charge is 2.21. The largest absolute Gasteiger partial charge is 0.395 e. The summed E-state index contributed by atoms with van der Waals surface area (Å²) in [6.45, 7) is -0.739. The van der Waals surface area contributed by atoms with E-state index in [1.807, 2.05) is 6.92 Å². The maximum absolute atomic E-state index is 9.37. The zero-order chi connectivity index (χ0) is 11.4. The van der Waals surface area contributed by atoms with E-state index in [1.165, 1.54) is 0 Å². The normalized spacial score (nSPS) is 22.4. The van der Waals surface area contributed by atoms with Gasteiger partial charge in [-0.15, -0.1) is 0 Å². The Balaban J connectivity index is 4.10. The molecule has 3 atom stereocenters. The van der Waals surface area contributed by atoms with Crippen LogP contribution in [0.4, 0.5) is 0 Å². The first-order valence-corrected chi connectivity index (χ1v) is 4.14. The van der Waals surface area contributed by atoms with Crippen LogP contribution in [-0.2, 0) is 0 Å². The second-order valence-corrected chi connectivity index (χ2v) is 2.86. The van der Waals surface area contributed by atoms with E-state index in [-0.39, 0.29) is 0 Å². The van der Waals surface area contributed by atoms with Crippen LogP contribution in [-0.4, -0.2) is 40.1 Å². The third-order valence-electron chi connectivity index (χ3n) is 1.76. The standard InChI is InChI=1S/C8H19NO3/c1-2-3-4-7(11)8(12)6(9)5-10/h6-8,10-12H,2-5,9H2,1H3/t6?,7-,8+/m1/s1/i5+1D2,6+1. The van der Waals surface area contributed by atoms with E-state index in [9.17, 15) is 10.2 Å². The van der Waals surface area contributed by atoms with Gasteiger partial charge in [-0.05, 0) is 6.42 Å². The molecule has 12 heavy (non-hydrogen) atoms. The molecule has 0 saturated carbocycles. The van der Waals surface area contributed by atoms with Crippen molar-refractivity contribution in [3.05, 3.63) is 0 Å². The van der Waals surface area contributed by atoms with E-state index in [0.29, 0.717) is 6.42 Å². The van der Waals surface area contributed by atoms with Crippen molar-refractivity contribution in [2.45, 2.75) is 44.4 Å². The molecule has 4 nitrogen and oxygen atoms in total. The maximum atomic E-state index is 9.37. The molecule has 0 rings (SSSR count). The first-order valence-electron chi connectivity index (χ1n) is 5.14. The predicted octanol–water partition coefficient (Wildman–Crippen LogP) is -0.782. The Morgan fingerprint density at radius 3 is 2.50 bits per heavy atom. The van der Waals surface area contributed by atoms with Crippen molar-refractivity contribution in [2.75, 3.05) is 6.56 Å². The van der Waals surface area contributed by atoms with Crippen molar-refractivity contribution in [2.24, 2.45) is 5.73 Å². The molecule has 0 aliphatic carbocycles. The first-order chi connectivity index (χ1) is 6.30. The summed E-state index contributed by atoms with van der Waals surface area (Å²) in [5.74, 6) is 0. The van der Waals surface area contributed by atoms with Gasteiger partial charge in [0.25, 0.3) is 0 Å². The zero-order valence-electron chi connectivity index (χ0n) is 9.27. The van der Waals surface area contributed by atoms with Gasteiger partial charge in [0.2, 0.25) is 0 Å². The molecule has 0 aliphatic rings. The monoisotopic (exact) mass is 181 g/mol. The number of hydrogen-bond donors (Lipinski definition) is 4. The molecule has 0 saturated heterocycles. The summed E-state index contributed by atoms with van der Waals surface area (Å²) in [6.07, 6.45) is -0.597. The van der Waals surface area contributed by atoms with Crippen molar-refractivity contribution in [3.63, 3.8) is 0 Å². The SMILES string of the molecule is [2H][13C]([2H])(O)[13CH](N)[C@H](O)[C@H](O)CCCC. The molecule has 0 amide bonds. The van der Waals surface area contributed by atoms with Crippen molar-refractivity contribution < 1.29 is 18.1 Å². The van der Waals surface area contributed by atoms with Gasteiger partial charge in [0.05, 0.1) is 27.6 Å². The summed E-state index contributed by atoms with van der Waals surface area (Å²) in [5.41, 5.74) is 5.23. The minimum absolute atomic E-state index is 0.349. The zero-order valence-corrected chi connectivity index (χ0v) is 7.27. The number of unbranched alkanes of at least 4 members (excludes halogenated alkanes) is 1. The van der Waals surface area contributed by atoms with Crippen molar-refractivity contribution >= 4 is 0 Å². The molecule has 0 fully saturated rings. The van der Waals surface area contributed by atoms with Gasteiger partial charge >= 0.3 is 0 Å². The van der Waals surface area contributed by atoms with Crippen LogP contribution in [0, 0.1) is 0 Å². The first kappa shape index (κ1) is 8.44. The molecule has 0 aromatic heterocycles. The molecule has 1 unspecified atom stereocenters. The van der Waals surface area contributed by atoms with E-state index in [0.717, 1.165) is 12.8 Å². The minimum Gasteiger partial charge on any atom is -0.395 e. The third-order valence-corrected chi connectivity index (χ3v) is 1.76. The molecule has 0 spiro atoms. The minimum atomic E-state index is -2.67. The molecule has 0 bridgehead atoms. The highest BCUT2D eigenvalue weighted by molar-refractivity contribution is 4.77. The lowest BCUT2D eigenvalue weighted by atomic mass is 10.1. The van der Waals surface area contributed by atoms with Gasteiger partial charge in [-0.25, -0.2) is 0 Å². The van der Waals surface area contributed by atoms with Crippen LogP contribution in [0.15, 0.2) is 0 Å². The van der Waals surface area contributed by atoms with Gasteiger partial charge in [-0.3, -0.25) is 0 Å². The molecule has 0 aromatic rings. The number of nitrogens with two attached hydrogens (primary N) is 1. The van der Waals surface area contributed by atoms with Crippen LogP contribution in [0.2, 0.25) is 0 Å². The fraction of sp³-hybridized carbons (Fsp3) is 1.00. The lowest BCUT2D eigenvalue weighted by molar-refractivity contribution is -0.0119. The average Bonchev–Trinajstić information content (AvgIpc) is 2.10. The Morgan fingerprint density at radius 2 is 2.08 bits per heavy atom. The van der Waals surface area contributed by atoms with Crippen LogP contribution in [0.5, 0.6) is 0 Å². The van der Waals surface area contributed by atoms with E-state index >= 15 is 0 Å². The molecule has 0 aliphatic heterocycles. The van der Waals surface area contributed by atoms with Gasteiger partial charge < -0.3 is 21.1 Å². The lowest BCUT2D eigenvalue weighted by Crippen LogP contribution is -2.45. The fourth-order valence-corrected chi connectivity index (χ4v) is 0.900. The molecule has 0 radical (unpaired) electrons. The summed E-state index contributed by atoms with van der Waals surface area (Å²) in [5, 5.41) is 27.6. The second-order valence-electron chi connectivity index (χ2n) is 2.86. The fourth-order valence-electron chi connectivity index (χ4n) is 0.900. The maximum Gasteiger partial charge on any atom is 0.0971 e. The predicted molar refractivity (Wildman–Crippen MR) is 46.6 cm³/mol. The number of aliphatic hydroxyl groups excluding tert-OH is 2. The molecule has 5 N–H and O–H groups in total. The Morgan fingerprint density at radius 1 is 1.50 bits per heavy atom. The van der Waals surface area contributed by atoms with E-state index in [1.54, 1.807) is 0 Å². The number of rotatable bonds is 6. The summed E-state index contributed by atoms with van der Waals surface area (Å²) >= 11 is 0. The summed E-state index contributed by atoms with van der Waals surface area (Å²) < 4.78 is 13.7. The van der Waals surface area contributed by atoms with E-state index in [2.05, 4.69) is 0 Å². The number of hydrogen-bond acceptors (Lipinski definition) is 4. The Bertz CT molecular complexity index is 163. The van der Waals surface area contributed by atoms with Crippen LogP contribution in [0.25, 0.3) is 0 Å². The van der Waals surface area contributed by atoms with Gasteiger partial charge in [-0.1, -0.05) is 19.8 Å². The average molecular weight is 181 g/mol. The Kier molecular flexibility index (Phi) is 4.48. The van der Waals surface area contributed by atoms with Gasteiger partial charge in [-0.2, -0.15) is 0 Å². The lowest BCUT2D eigenvalue weighted by Gasteiger charge is -2.21. The molecule has 74 valence electrons. The summed E-state index contributed by atoms with van der Waals surface area (Å²) in [4.78, 5) is 0. The molecule has 4 heteroatoms. The van der Waals surface area contributed by atoms with Gasteiger partial charge in [0.15, 0.2) is 0 Å². The second kappa shape index (κ2) is 6.37. The summed E-state index contributed by atoms with van der Waals surface area (Å²) in [7, 11) is 0. The highest BCUT2D eigenvalue weighted by atomic mass is 16.4. The highest BCUT2D eigenvalue weighted by Crippen LogP contribution is 2.06. The van der Waals surface area contributed by atoms with Gasteiger partial charge in [0, 0.05) is 0 Å². The molecule has 0 aromatic carbocycles. The van der Waals surface area contributed by atoms with Crippen LogP contribution in [0.3, 0.4) is 0 Å². The number of aliphatic hydroxyl groups is 3. The van der Waals surface area contributed by atoms with Crippen LogP contribution >= 0.6 is 0 Å². The topological polar surface area (TPSA) is 86.7 Å². The van der Waals surface area contributed by atoms with Crippen molar-refractivity contribution in [3.8, 4) is 0 Å². The van der Waals surface area contributed by atoms with Crippen molar-refractivity contribution in [1.82, 2.24) is 0 Å². The molecule has 0 heterocycles. The van der Waals surface area contributed by atoms with E-state index < -0.39 is 24.8 Å². The Hall–Kier alpha value is -0.160. The summed E-state index contributed by atoms with van der Waals surface area (Å²) in [6, 6.07) is -1.49. The third kappa shape index (κ3) is 4.01. The van der Waals surface area contributed by atoms with Crippen LogP contribution < -0.4 is 5.73 Å². The van der Waals surface area contributed by atoms with Crippen molar-refractivity contribution in [1.29, 1.82) is 0 Å². The molecular formula is C8H19NO3. The Labute approximate surface area is 75.8 Å². The molecular weight excluding hydrogens is 160 g/mol. The van der Waals surface area contributed by atoms with Crippen LogP contribution in [0.1, 0.15) is 28.9 Å². The van der Waals surface area contributed by atoms with Gasteiger partial charge in [0.1, 0.15) is 0 Å². The quantitative estimate of drug-likeness (QED) is 0.405. The van der Waals surface area contributed by atoms with E-state index in [4.69, 9.17) is 13.6 Å². The smallest absolute Gasteiger partial charge is 0.0971 e.